The summed E-state index contributed by atoms with van der Waals surface area (Å²) in [5, 5.41) is 2.54. The van der Waals surface area contributed by atoms with E-state index in [9.17, 15) is 22.0 Å². The second kappa shape index (κ2) is 12.7. The molecule has 0 saturated carbocycles. The van der Waals surface area contributed by atoms with Crippen molar-refractivity contribution in [3.63, 3.8) is 0 Å². The molecule has 0 spiro atoms. The van der Waals surface area contributed by atoms with Crippen molar-refractivity contribution in [1.29, 1.82) is 0 Å². The molecule has 6 nitrogen and oxygen atoms in total. The lowest BCUT2D eigenvalue weighted by Crippen LogP contribution is -2.65. The molecule has 1 fully saturated rings. The standard InChI is InChI=1S/C30H32Cl2F2N2O4S/c1-19(2)15-40-29(37)35-16-30(28(41(3,38)39)22-12-25(33)14-26(34)13-22)17-36(18-30)27(20-4-8-23(31)9-5-20)21-6-10-24(32)11-7-21/h4-14,19,27-28H,15-18H2,1-3H3,(H,35,37). The van der Waals surface area contributed by atoms with E-state index in [1.54, 1.807) is 24.3 Å². The van der Waals surface area contributed by atoms with E-state index in [0.29, 0.717) is 16.1 Å². The minimum atomic E-state index is -3.92. The summed E-state index contributed by atoms with van der Waals surface area (Å²) >= 11 is 12.3. The number of amides is 1. The molecule has 1 N–H and O–H groups in total. The highest BCUT2D eigenvalue weighted by Gasteiger charge is 2.55. The van der Waals surface area contributed by atoms with Crippen LogP contribution in [0.5, 0.6) is 0 Å². The van der Waals surface area contributed by atoms with Gasteiger partial charge in [-0.1, -0.05) is 61.3 Å². The van der Waals surface area contributed by atoms with Crippen LogP contribution in [0.2, 0.25) is 10.0 Å². The molecule has 11 heteroatoms. The van der Waals surface area contributed by atoms with E-state index >= 15 is 0 Å². The summed E-state index contributed by atoms with van der Waals surface area (Å²) < 4.78 is 60.5. The third-order valence-corrected chi connectivity index (χ3v) is 9.21. The second-order valence-electron chi connectivity index (χ2n) is 11.0. The van der Waals surface area contributed by atoms with E-state index in [2.05, 4.69) is 10.2 Å². The Morgan fingerprint density at radius 3 is 1.85 bits per heavy atom. The average molecular weight is 626 g/mol. The molecule has 0 bridgehead atoms. The van der Waals surface area contributed by atoms with Gasteiger partial charge < -0.3 is 10.1 Å². The van der Waals surface area contributed by atoms with Gasteiger partial charge >= 0.3 is 6.09 Å². The second-order valence-corrected chi connectivity index (χ2v) is 14.0. The van der Waals surface area contributed by atoms with Crippen LogP contribution in [0.25, 0.3) is 0 Å². The minimum Gasteiger partial charge on any atom is -0.449 e. The summed E-state index contributed by atoms with van der Waals surface area (Å²) in [7, 11) is -3.92. The molecule has 0 aromatic heterocycles. The van der Waals surface area contributed by atoms with Gasteiger partial charge in [0.15, 0.2) is 9.84 Å². The molecule has 0 aliphatic carbocycles. The fourth-order valence-corrected chi connectivity index (χ4v) is 7.57. The van der Waals surface area contributed by atoms with Gasteiger partial charge in [-0.15, -0.1) is 0 Å². The lowest BCUT2D eigenvalue weighted by Gasteiger charge is -2.56. The monoisotopic (exact) mass is 624 g/mol. The van der Waals surface area contributed by atoms with Gasteiger partial charge in [-0.2, -0.15) is 0 Å². The van der Waals surface area contributed by atoms with Crippen LogP contribution in [0.4, 0.5) is 13.6 Å². The highest BCUT2D eigenvalue weighted by atomic mass is 35.5. The van der Waals surface area contributed by atoms with E-state index < -0.39 is 38.2 Å². The van der Waals surface area contributed by atoms with Crippen LogP contribution < -0.4 is 5.32 Å². The first-order chi connectivity index (χ1) is 19.3. The van der Waals surface area contributed by atoms with Crippen molar-refractivity contribution < 1.29 is 26.7 Å². The Labute approximate surface area is 249 Å². The van der Waals surface area contributed by atoms with Crippen LogP contribution in [0.3, 0.4) is 0 Å². The zero-order valence-corrected chi connectivity index (χ0v) is 25.2. The van der Waals surface area contributed by atoms with Crippen LogP contribution in [0.1, 0.15) is 41.8 Å². The lowest BCUT2D eigenvalue weighted by molar-refractivity contribution is -0.0246. The number of carbonyl (C=O) groups excluding carboxylic acids is 1. The average Bonchev–Trinajstić information content (AvgIpc) is 2.85. The summed E-state index contributed by atoms with van der Waals surface area (Å²) in [4.78, 5) is 14.6. The number of carbonyl (C=O) groups is 1. The van der Waals surface area contributed by atoms with E-state index in [1.165, 1.54) is 0 Å². The first kappa shape index (κ1) is 31.2. The molecule has 1 heterocycles. The molecular weight excluding hydrogens is 593 g/mol. The number of sulfone groups is 1. The maximum Gasteiger partial charge on any atom is 0.407 e. The Balaban J connectivity index is 1.74. The van der Waals surface area contributed by atoms with Crippen LogP contribution in [-0.2, 0) is 14.6 Å². The van der Waals surface area contributed by atoms with Gasteiger partial charge in [0.25, 0.3) is 0 Å². The van der Waals surface area contributed by atoms with Gasteiger partial charge in [0.2, 0.25) is 0 Å². The van der Waals surface area contributed by atoms with Crippen LogP contribution in [0.15, 0.2) is 66.7 Å². The van der Waals surface area contributed by atoms with Gasteiger partial charge in [0.1, 0.15) is 11.6 Å². The fraction of sp³-hybridized carbons (Fsp3) is 0.367. The number of ether oxygens (including phenoxy) is 1. The molecule has 1 saturated heterocycles. The Bertz CT molecular complexity index is 1410. The zero-order valence-electron chi connectivity index (χ0n) is 22.9. The number of hydrogen-bond acceptors (Lipinski definition) is 5. The molecule has 41 heavy (non-hydrogen) atoms. The highest BCUT2D eigenvalue weighted by molar-refractivity contribution is 7.91. The number of nitrogens with one attached hydrogen (secondary N) is 1. The number of rotatable bonds is 10. The number of benzene rings is 3. The molecule has 4 rings (SSSR count). The topological polar surface area (TPSA) is 75.7 Å². The largest absolute Gasteiger partial charge is 0.449 e. The van der Waals surface area contributed by atoms with Crippen molar-refractivity contribution >= 4 is 39.1 Å². The quantitative estimate of drug-likeness (QED) is 0.267. The molecule has 3 aromatic rings. The first-order valence-electron chi connectivity index (χ1n) is 13.1. The van der Waals surface area contributed by atoms with Crippen molar-refractivity contribution in [2.75, 3.05) is 32.5 Å². The predicted octanol–water partition coefficient (Wildman–Crippen LogP) is 6.83. The number of nitrogens with zero attached hydrogens (tertiary/aromatic N) is 1. The Morgan fingerprint density at radius 1 is 0.927 bits per heavy atom. The Morgan fingerprint density at radius 2 is 1.41 bits per heavy atom. The van der Waals surface area contributed by atoms with Gasteiger partial charge in [-0.05, 0) is 59.0 Å². The minimum absolute atomic E-state index is 0.0171. The first-order valence-corrected chi connectivity index (χ1v) is 15.8. The molecule has 1 aliphatic rings. The van der Waals surface area contributed by atoms with E-state index in [-0.39, 0.29) is 43.8 Å². The molecule has 1 amide bonds. The molecule has 0 radical (unpaired) electrons. The summed E-state index contributed by atoms with van der Waals surface area (Å²) in [5.41, 5.74) is 0.670. The molecule has 3 aromatic carbocycles. The van der Waals surface area contributed by atoms with Gasteiger partial charge in [0.05, 0.1) is 17.9 Å². The van der Waals surface area contributed by atoms with E-state index in [4.69, 9.17) is 27.9 Å². The molecule has 220 valence electrons. The number of halogens is 4. The summed E-state index contributed by atoms with van der Waals surface area (Å²) in [6.45, 7) is 4.25. The SMILES string of the molecule is CC(C)COC(=O)NCC1(C(c2cc(F)cc(F)c2)S(C)(=O)=O)CN(C(c2ccc(Cl)cc2)c2ccc(Cl)cc2)C1. The van der Waals surface area contributed by atoms with E-state index in [1.807, 2.05) is 38.1 Å². The summed E-state index contributed by atoms with van der Waals surface area (Å²) in [5.74, 6) is -1.67. The van der Waals surface area contributed by atoms with Gasteiger partial charge in [-0.25, -0.2) is 22.0 Å². The Hall–Kier alpha value is -2.72. The maximum atomic E-state index is 14.3. The predicted molar refractivity (Wildman–Crippen MR) is 157 cm³/mol. The Kier molecular flexibility index (Phi) is 9.63. The molecule has 1 aliphatic heterocycles. The third kappa shape index (κ3) is 7.57. The van der Waals surface area contributed by atoms with Crippen molar-refractivity contribution in [1.82, 2.24) is 10.2 Å². The lowest BCUT2D eigenvalue weighted by atomic mass is 9.72. The highest BCUT2D eigenvalue weighted by Crippen LogP contribution is 2.50. The van der Waals surface area contributed by atoms with E-state index in [0.717, 1.165) is 29.5 Å². The normalized spacial score (nSPS) is 15.9. The van der Waals surface area contributed by atoms with Crippen molar-refractivity contribution in [2.24, 2.45) is 11.3 Å². The molecule has 1 atom stereocenters. The number of alkyl carbamates (subject to hydrolysis) is 1. The smallest absolute Gasteiger partial charge is 0.407 e. The number of hydrogen-bond donors (Lipinski definition) is 1. The number of likely N-dealkylation sites (tertiary alicyclic amines) is 1. The third-order valence-electron chi connectivity index (χ3n) is 7.08. The maximum absolute atomic E-state index is 14.3. The van der Waals surface area contributed by atoms with Crippen LogP contribution >= 0.6 is 23.2 Å². The van der Waals surface area contributed by atoms with Crippen LogP contribution in [-0.4, -0.2) is 51.9 Å². The zero-order chi connectivity index (χ0) is 29.9. The fourth-order valence-electron chi connectivity index (χ4n) is 5.54. The van der Waals surface area contributed by atoms with Gasteiger partial charge in [-0.3, -0.25) is 4.90 Å². The van der Waals surface area contributed by atoms with Gasteiger partial charge in [0, 0.05) is 47.4 Å². The van der Waals surface area contributed by atoms with Crippen LogP contribution in [0, 0.1) is 23.0 Å². The van der Waals surface area contributed by atoms with Crippen molar-refractivity contribution in [2.45, 2.75) is 25.1 Å². The summed E-state index contributed by atoms with van der Waals surface area (Å²) in [6, 6.07) is 17.1. The summed E-state index contributed by atoms with van der Waals surface area (Å²) in [6.07, 6.45) is 0.346. The molecule has 1 unspecified atom stereocenters. The van der Waals surface area contributed by atoms with Crippen molar-refractivity contribution in [3.8, 4) is 0 Å². The van der Waals surface area contributed by atoms with Crippen molar-refractivity contribution in [3.05, 3.63) is 105 Å². The molecular formula is C30H32Cl2F2N2O4S.